The second-order valence-corrected chi connectivity index (χ2v) is 8.19. The molecule has 1 heterocycles. The number of benzene rings is 2. The van der Waals surface area contributed by atoms with Crippen molar-refractivity contribution in [1.29, 1.82) is 0 Å². The van der Waals surface area contributed by atoms with Crippen LogP contribution in [-0.4, -0.2) is 32.5 Å². The predicted octanol–water partition coefficient (Wildman–Crippen LogP) is 3.39. The van der Waals surface area contributed by atoms with Gasteiger partial charge in [-0.3, -0.25) is 14.5 Å². The molecule has 0 saturated heterocycles. The van der Waals surface area contributed by atoms with Crippen molar-refractivity contribution >= 4 is 21.6 Å². The maximum Gasteiger partial charge on any atom is 0.262 e. The Bertz CT molecular complexity index is 1150. The Morgan fingerprint density at radius 1 is 1.10 bits per heavy atom. The summed E-state index contributed by atoms with van der Waals surface area (Å²) in [6.45, 7) is 2.40. The van der Waals surface area contributed by atoms with E-state index in [0.29, 0.717) is 18.8 Å². The number of halogens is 1. The third kappa shape index (κ3) is 5.79. The fourth-order valence-electron chi connectivity index (χ4n) is 2.89. The zero-order chi connectivity index (χ0) is 22.3. The van der Waals surface area contributed by atoms with Crippen LogP contribution in [0, 0.1) is 5.82 Å². The van der Waals surface area contributed by atoms with Crippen molar-refractivity contribution < 1.29 is 22.3 Å². The van der Waals surface area contributed by atoms with Crippen LogP contribution < -0.4 is 14.8 Å². The fraction of sp³-hybridized carbons (Fsp3) is 0.182. The summed E-state index contributed by atoms with van der Waals surface area (Å²) >= 11 is 0. The van der Waals surface area contributed by atoms with Gasteiger partial charge in [-0.15, -0.1) is 0 Å². The van der Waals surface area contributed by atoms with Gasteiger partial charge in [0.15, 0.2) is 0 Å². The number of sulfonamides is 1. The molecule has 0 atom stereocenters. The van der Waals surface area contributed by atoms with Crippen molar-refractivity contribution in [2.75, 3.05) is 17.9 Å². The molecular formula is C22H22FN3O4S. The highest BCUT2D eigenvalue weighted by Gasteiger charge is 2.23. The van der Waals surface area contributed by atoms with Gasteiger partial charge in [-0.1, -0.05) is 24.3 Å². The number of nitrogens with one attached hydrogen (secondary N) is 2. The number of aromatic nitrogens is 1. The predicted molar refractivity (Wildman–Crippen MR) is 115 cm³/mol. The number of amides is 1. The molecule has 0 aliphatic heterocycles. The molecule has 0 bridgehead atoms. The molecule has 3 aromatic rings. The largest absolute Gasteiger partial charge is 0.492 e. The Kier molecular flexibility index (Phi) is 7.19. The SMILES string of the molecule is CCOc1ccncc1NS(=O)(=O)c1ccccc1C(=O)NCCc1ccc(F)cc1. The summed E-state index contributed by atoms with van der Waals surface area (Å²) < 4.78 is 46.9. The van der Waals surface area contributed by atoms with E-state index in [0.717, 1.165) is 5.56 Å². The van der Waals surface area contributed by atoms with Crippen molar-refractivity contribution in [1.82, 2.24) is 10.3 Å². The van der Waals surface area contributed by atoms with Gasteiger partial charge in [0.25, 0.3) is 15.9 Å². The summed E-state index contributed by atoms with van der Waals surface area (Å²) in [4.78, 5) is 16.4. The first-order valence-corrected chi connectivity index (χ1v) is 11.1. The molecule has 2 N–H and O–H groups in total. The van der Waals surface area contributed by atoms with E-state index in [9.17, 15) is 17.6 Å². The van der Waals surface area contributed by atoms with E-state index in [1.54, 1.807) is 31.2 Å². The van der Waals surface area contributed by atoms with Crippen molar-refractivity contribution in [2.45, 2.75) is 18.2 Å². The van der Waals surface area contributed by atoms with E-state index < -0.39 is 15.9 Å². The van der Waals surface area contributed by atoms with Crippen molar-refractivity contribution in [3.63, 3.8) is 0 Å². The average molecular weight is 444 g/mol. The van der Waals surface area contributed by atoms with Gasteiger partial charge >= 0.3 is 0 Å². The molecule has 3 rings (SSSR count). The minimum Gasteiger partial charge on any atom is -0.492 e. The van der Waals surface area contributed by atoms with Crippen LogP contribution in [0.4, 0.5) is 10.1 Å². The number of carbonyl (C=O) groups is 1. The summed E-state index contributed by atoms with van der Waals surface area (Å²) in [7, 11) is -4.08. The molecule has 0 radical (unpaired) electrons. The van der Waals surface area contributed by atoms with E-state index >= 15 is 0 Å². The molecule has 0 aliphatic rings. The molecule has 0 fully saturated rings. The second-order valence-electron chi connectivity index (χ2n) is 6.54. The van der Waals surface area contributed by atoms with E-state index in [2.05, 4.69) is 15.0 Å². The normalized spacial score (nSPS) is 11.0. The first-order valence-electron chi connectivity index (χ1n) is 9.62. The Morgan fingerprint density at radius 2 is 1.84 bits per heavy atom. The van der Waals surface area contributed by atoms with E-state index in [-0.39, 0.29) is 28.5 Å². The maximum absolute atomic E-state index is 13.0. The lowest BCUT2D eigenvalue weighted by molar-refractivity contribution is 0.0951. The summed E-state index contributed by atoms with van der Waals surface area (Å²) in [5.74, 6) is -0.526. The third-order valence-electron chi connectivity index (χ3n) is 4.36. The fourth-order valence-corrected chi connectivity index (χ4v) is 4.16. The van der Waals surface area contributed by atoms with Crippen LogP contribution in [0.5, 0.6) is 5.75 Å². The van der Waals surface area contributed by atoms with Crippen molar-refractivity contribution in [2.24, 2.45) is 0 Å². The Morgan fingerprint density at radius 3 is 2.58 bits per heavy atom. The van der Waals surface area contributed by atoms with Crippen molar-refractivity contribution in [3.8, 4) is 5.75 Å². The van der Waals surface area contributed by atoms with Crippen LogP contribution in [0.25, 0.3) is 0 Å². The highest BCUT2D eigenvalue weighted by molar-refractivity contribution is 7.92. The maximum atomic E-state index is 13.0. The number of anilines is 1. The van der Waals surface area contributed by atoms with Crippen LogP contribution in [0.15, 0.2) is 71.9 Å². The zero-order valence-electron chi connectivity index (χ0n) is 16.8. The molecule has 31 heavy (non-hydrogen) atoms. The molecule has 162 valence electrons. The van der Waals surface area contributed by atoms with Crippen LogP contribution in [0.1, 0.15) is 22.8 Å². The lowest BCUT2D eigenvalue weighted by Crippen LogP contribution is -2.28. The van der Waals surface area contributed by atoms with Crippen LogP contribution in [-0.2, 0) is 16.4 Å². The smallest absolute Gasteiger partial charge is 0.262 e. The van der Waals surface area contributed by atoms with E-state index in [1.807, 2.05) is 0 Å². The van der Waals surface area contributed by atoms with Gasteiger partial charge in [0, 0.05) is 18.8 Å². The molecule has 0 unspecified atom stereocenters. The highest BCUT2D eigenvalue weighted by atomic mass is 32.2. The second kappa shape index (κ2) is 10.0. The summed E-state index contributed by atoms with van der Waals surface area (Å²) in [5, 5.41) is 2.71. The van der Waals surface area contributed by atoms with Crippen molar-refractivity contribution in [3.05, 3.63) is 83.9 Å². The van der Waals surface area contributed by atoms with Crippen LogP contribution in [0.2, 0.25) is 0 Å². The van der Waals surface area contributed by atoms with Gasteiger partial charge < -0.3 is 10.1 Å². The van der Waals surface area contributed by atoms with E-state index in [4.69, 9.17) is 4.74 Å². The number of ether oxygens (including phenoxy) is 1. The molecule has 7 nitrogen and oxygen atoms in total. The molecular weight excluding hydrogens is 421 g/mol. The number of carbonyl (C=O) groups excluding carboxylic acids is 1. The third-order valence-corrected chi connectivity index (χ3v) is 5.78. The first kappa shape index (κ1) is 22.2. The Hall–Kier alpha value is -3.46. The number of pyridine rings is 1. The first-order chi connectivity index (χ1) is 14.9. The average Bonchev–Trinajstić information content (AvgIpc) is 2.76. The molecule has 0 spiro atoms. The number of hydrogen-bond donors (Lipinski definition) is 2. The summed E-state index contributed by atoms with van der Waals surface area (Å²) in [6.07, 6.45) is 3.31. The number of rotatable bonds is 9. The van der Waals surface area contributed by atoms with Gasteiger partial charge in [-0.25, -0.2) is 12.8 Å². The standard InChI is InChI=1S/C22H22FN3O4S/c1-2-30-20-12-13-24-15-19(20)26-31(28,29)21-6-4-3-5-18(21)22(27)25-14-11-16-7-9-17(23)10-8-16/h3-10,12-13,15,26H,2,11,14H2,1H3,(H,25,27). The zero-order valence-corrected chi connectivity index (χ0v) is 17.7. The molecule has 0 saturated carbocycles. The van der Waals surface area contributed by atoms with Crippen LogP contribution in [0.3, 0.4) is 0 Å². The lowest BCUT2D eigenvalue weighted by atomic mass is 10.1. The Balaban J connectivity index is 1.75. The minimum atomic E-state index is -4.08. The summed E-state index contributed by atoms with van der Waals surface area (Å²) in [5.41, 5.74) is 1.04. The highest BCUT2D eigenvalue weighted by Crippen LogP contribution is 2.26. The minimum absolute atomic E-state index is 0.0101. The van der Waals surface area contributed by atoms with Gasteiger partial charge in [0.2, 0.25) is 0 Å². The number of nitrogens with zero attached hydrogens (tertiary/aromatic N) is 1. The molecule has 2 aromatic carbocycles. The van der Waals surface area contributed by atoms with Crippen LogP contribution >= 0.6 is 0 Å². The molecule has 9 heteroatoms. The Labute approximate surface area is 180 Å². The molecule has 0 aliphatic carbocycles. The van der Waals surface area contributed by atoms with Gasteiger partial charge in [0.1, 0.15) is 22.1 Å². The topological polar surface area (TPSA) is 97.4 Å². The molecule has 1 amide bonds. The quantitative estimate of drug-likeness (QED) is 0.528. The molecule has 1 aromatic heterocycles. The number of hydrogen-bond acceptors (Lipinski definition) is 5. The van der Waals surface area contributed by atoms with E-state index in [1.165, 1.54) is 42.7 Å². The van der Waals surface area contributed by atoms with Gasteiger partial charge in [-0.2, -0.15) is 0 Å². The van der Waals surface area contributed by atoms with Gasteiger partial charge in [-0.05, 0) is 43.2 Å². The lowest BCUT2D eigenvalue weighted by Gasteiger charge is -2.14. The monoisotopic (exact) mass is 443 g/mol. The van der Waals surface area contributed by atoms with Gasteiger partial charge in [0.05, 0.1) is 18.4 Å². The summed E-state index contributed by atoms with van der Waals surface area (Å²) in [6, 6.07) is 13.4.